The summed E-state index contributed by atoms with van der Waals surface area (Å²) in [5.74, 6) is 1.24. The number of aromatic nitrogens is 2. The topological polar surface area (TPSA) is 62.1 Å². The fraction of sp³-hybridized carbons (Fsp3) is 0.300. The van der Waals surface area contributed by atoms with Gasteiger partial charge >= 0.3 is 0 Å². The highest BCUT2D eigenvalue weighted by Gasteiger charge is 2.31. The lowest BCUT2D eigenvalue weighted by atomic mass is 10.1. The molecule has 128 valence electrons. The Labute approximate surface area is 146 Å². The molecule has 0 radical (unpaired) electrons. The normalized spacial score (nSPS) is 15.1. The number of rotatable bonds is 6. The Morgan fingerprint density at radius 3 is 2.76 bits per heavy atom. The van der Waals surface area contributed by atoms with Crippen molar-refractivity contribution < 1.29 is 9.21 Å². The van der Waals surface area contributed by atoms with Crippen LogP contribution in [0.4, 0.5) is 0 Å². The average molecular weight is 335 g/mol. The van der Waals surface area contributed by atoms with E-state index in [0.29, 0.717) is 23.1 Å². The molecular weight excluding hydrogens is 314 g/mol. The van der Waals surface area contributed by atoms with Crippen LogP contribution in [0.3, 0.4) is 0 Å². The lowest BCUT2D eigenvalue weighted by molar-refractivity contribution is 0.0674. The fourth-order valence-corrected chi connectivity index (χ4v) is 3.04. The van der Waals surface area contributed by atoms with E-state index in [-0.39, 0.29) is 11.9 Å². The van der Waals surface area contributed by atoms with E-state index in [1.165, 1.54) is 12.8 Å². The Hall–Kier alpha value is -2.82. The van der Waals surface area contributed by atoms with Crippen molar-refractivity contribution in [3.63, 3.8) is 0 Å². The summed E-state index contributed by atoms with van der Waals surface area (Å²) in [6.45, 7) is 2.85. The van der Waals surface area contributed by atoms with Gasteiger partial charge < -0.3 is 9.32 Å². The van der Waals surface area contributed by atoms with Crippen LogP contribution in [0.15, 0.2) is 59.2 Å². The molecule has 1 N–H and O–H groups in total. The highest BCUT2D eigenvalue weighted by molar-refractivity contribution is 5.93. The summed E-state index contributed by atoms with van der Waals surface area (Å²) in [7, 11) is 0. The lowest BCUT2D eigenvalue weighted by Gasteiger charge is -2.29. The lowest BCUT2D eigenvalue weighted by Crippen LogP contribution is -2.35. The van der Waals surface area contributed by atoms with Gasteiger partial charge in [-0.3, -0.25) is 9.89 Å². The molecule has 2 heterocycles. The van der Waals surface area contributed by atoms with E-state index >= 15 is 0 Å². The molecule has 1 aromatic carbocycles. The summed E-state index contributed by atoms with van der Waals surface area (Å²) < 4.78 is 5.37. The molecule has 5 heteroatoms. The van der Waals surface area contributed by atoms with Gasteiger partial charge in [-0.25, -0.2) is 0 Å². The number of hydrogen-bond donors (Lipinski definition) is 1. The van der Waals surface area contributed by atoms with Crippen LogP contribution in [0.25, 0.3) is 11.5 Å². The minimum absolute atomic E-state index is 0.0121. The van der Waals surface area contributed by atoms with E-state index in [9.17, 15) is 4.79 Å². The summed E-state index contributed by atoms with van der Waals surface area (Å²) >= 11 is 0. The zero-order chi connectivity index (χ0) is 17.2. The molecule has 0 saturated heterocycles. The quantitative estimate of drug-likeness (QED) is 0.731. The van der Waals surface area contributed by atoms with Gasteiger partial charge in [0.1, 0.15) is 5.69 Å². The maximum Gasteiger partial charge on any atom is 0.274 e. The molecule has 1 atom stereocenters. The van der Waals surface area contributed by atoms with E-state index in [0.717, 1.165) is 12.1 Å². The van der Waals surface area contributed by atoms with Crippen LogP contribution in [-0.4, -0.2) is 27.5 Å². The van der Waals surface area contributed by atoms with E-state index < -0.39 is 0 Å². The number of hydrogen-bond acceptors (Lipinski definition) is 3. The second kappa shape index (κ2) is 6.59. The molecular formula is C20H21N3O2. The van der Waals surface area contributed by atoms with Crippen LogP contribution >= 0.6 is 0 Å². The molecule has 4 rings (SSSR count). The minimum Gasteiger partial charge on any atom is -0.463 e. The molecule has 2 aromatic heterocycles. The molecule has 1 unspecified atom stereocenters. The zero-order valence-corrected chi connectivity index (χ0v) is 14.2. The Balaban J connectivity index is 1.59. The number of carbonyl (C=O) groups is 1. The monoisotopic (exact) mass is 335 g/mol. The third-order valence-electron chi connectivity index (χ3n) is 4.75. The van der Waals surface area contributed by atoms with Crippen molar-refractivity contribution in [3.8, 4) is 11.5 Å². The summed E-state index contributed by atoms with van der Waals surface area (Å²) in [4.78, 5) is 15.1. The van der Waals surface area contributed by atoms with Crippen molar-refractivity contribution in [1.82, 2.24) is 15.1 Å². The number of nitrogens with zero attached hydrogens (tertiary/aromatic N) is 2. The molecule has 1 fully saturated rings. The Morgan fingerprint density at radius 2 is 2.08 bits per heavy atom. The molecule has 1 aliphatic carbocycles. The average Bonchev–Trinajstić information content (AvgIpc) is 3.12. The number of benzene rings is 1. The number of furan rings is 1. The smallest absolute Gasteiger partial charge is 0.274 e. The minimum atomic E-state index is -0.0442. The van der Waals surface area contributed by atoms with Crippen molar-refractivity contribution in [2.75, 3.05) is 6.54 Å². The largest absolute Gasteiger partial charge is 0.463 e. The van der Waals surface area contributed by atoms with E-state index in [2.05, 4.69) is 29.3 Å². The Morgan fingerprint density at radius 1 is 1.28 bits per heavy atom. The first-order valence-corrected chi connectivity index (χ1v) is 8.67. The summed E-state index contributed by atoms with van der Waals surface area (Å²) in [5.41, 5.74) is 2.28. The number of aromatic amines is 1. The second-order valence-corrected chi connectivity index (χ2v) is 6.63. The number of H-pyrrole nitrogens is 1. The molecule has 0 aliphatic heterocycles. The molecule has 5 nitrogen and oxygen atoms in total. The van der Waals surface area contributed by atoms with Gasteiger partial charge in [-0.1, -0.05) is 30.3 Å². The molecule has 0 spiro atoms. The number of carbonyl (C=O) groups excluding carboxylic acids is 1. The highest BCUT2D eigenvalue weighted by Crippen LogP contribution is 2.33. The van der Waals surface area contributed by atoms with Crippen LogP contribution < -0.4 is 0 Å². The van der Waals surface area contributed by atoms with Crippen molar-refractivity contribution in [3.05, 3.63) is 66.1 Å². The predicted molar refractivity (Wildman–Crippen MR) is 94.9 cm³/mol. The van der Waals surface area contributed by atoms with Crippen molar-refractivity contribution in [1.29, 1.82) is 0 Å². The first kappa shape index (κ1) is 15.7. The van der Waals surface area contributed by atoms with Crippen LogP contribution in [0.2, 0.25) is 0 Å². The molecule has 0 bridgehead atoms. The van der Waals surface area contributed by atoms with E-state index in [4.69, 9.17) is 4.42 Å². The second-order valence-electron chi connectivity index (χ2n) is 6.63. The van der Waals surface area contributed by atoms with Gasteiger partial charge in [0.25, 0.3) is 5.91 Å². The molecule has 1 aliphatic rings. The van der Waals surface area contributed by atoms with Crippen molar-refractivity contribution in [2.24, 2.45) is 5.92 Å². The van der Waals surface area contributed by atoms with Crippen LogP contribution in [0, 0.1) is 5.92 Å². The van der Waals surface area contributed by atoms with Gasteiger partial charge in [-0.2, -0.15) is 5.10 Å². The SMILES string of the molecule is CC(c1ccccc1)N(CC1CC1)C(=O)c1cc(-c2ccco2)[nH]n1. The summed E-state index contributed by atoms with van der Waals surface area (Å²) in [6, 6.07) is 15.6. The summed E-state index contributed by atoms with van der Waals surface area (Å²) in [5, 5.41) is 7.12. The molecule has 1 saturated carbocycles. The standard InChI is InChI=1S/C20H21N3O2/c1-14(16-6-3-2-4-7-16)23(13-15-9-10-15)20(24)18-12-17(21-22-18)19-8-5-11-25-19/h2-8,11-12,14-15H,9-10,13H2,1H3,(H,21,22). The van der Waals surface area contributed by atoms with Crippen molar-refractivity contribution >= 4 is 5.91 Å². The van der Waals surface area contributed by atoms with E-state index in [1.807, 2.05) is 35.2 Å². The fourth-order valence-electron chi connectivity index (χ4n) is 3.04. The Bertz CT molecular complexity index is 835. The van der Waals surface area contributed by atoms with Crippen molar-refractivity contribution in [2.45, 2.75) is 25.8 Å². The zero-order valence-electron chi connectivity index (χ0n) is 14.2. The molecule has 25 heavy (non-hydrogen) atoms. The van der Waals surface area contributed by atoms with Gasteiger partial charge in [0, 0.05) is 12.6 Å². The van der Waals surface area contributed by atoms with Crippen LogP contribution in [0.1, 0.15) is 41.9 Å². The van der Waals surface area contributed by atoms with Gasteiger partial charge in [-0.05, 0) is 43.4 Å². The number of nitrogens with one attached hydrogen (secondary N) is 1. The summed E-state index contributed by atoms with van der Waals surface area (Å²) in [6.07, 6.45) is 4.00. The molecule has 1 amide bonds. The van der Waals surface area contributed by atoms with Gasteiger partial charge in [0.15, 0.2) is 11.5 Å². The van der Waals surface area contributed by atoms with Crippen LogP contribution in [0.5, 0.6) is 0 Å². The van der Waals surface area contributed by atoms with Gasteiger partial charge in [-0.15, -0.1) is 0 Å². The third kappa shape index (κ3) is 3.36. The third-order valence-corrected chi connectivity index (χ3v) is 4.75. The number of amides is 1. The maximum atomic E-state index is 13.1. The van der Waals surface area contributed by atoms with Gasteiger partial charge in [0.05, 0.1) is 12.3 Å². The predicted octanol–water partition coefficient (Wildman–Crippen LogP) is 4.28. The first-order valence-electron chi connectivity index (χ1n) is 8.67. The van der Waals surface area contributed by atoms with E-state index in [1.54, 1.807) is 12.3 Å². The van der Waals surface area contributed by atoms with Crippen LogP contribution in [-0.2, 0) is 0 Å². The molecule has 3 aromatic rings. The maximum absolute atomic E-state index is 13.1. The highest BCUT2D eigenvalue weighted by atomic mass is 16.3. The van der Waals surface area contributed by atoms with Gasteiger partial charge in [0.2, 0.25) is 0 Å². The Kier molecular flexibility index (Phi) is 4.14. The first-order chi connectivity index (χ1) is 12.2.